The Balaban J connectivity index is 1.38. The molecule has 37 heavy (non-hydrogen) atoms. The molecule has 1 aromatic carbocycles. The molecule has 0 saturated carbocycles. The highest BCUT2D eigenvalue weighted by molar-refractivity contribution is 5.90. The number of halogens is 1. The van der Waals surface area contributed by atoms with Crippen molar-refractivity contribution in [2.75, 3.05) is 49.1 Å². The Morgan fingerprint density at radius 3 is 2.51 bits per heavy atom. The molecule has 0 bridgehead atoms. The van der Waals surface area contributed by atoms with Gasteiger partial charge in [-0.2, -0.15) is 0 Å². The van der Waals surface area contributed by atoms with Crippen molar-refractivity contribution in [3.8, 4) is 5.75 Å². The van der Waals surface area contributed by atoms with E-state index in [0.29, 0.717) is 61.0 Å². The maximum Gasteiger partial charge on any atom is 0.414 e. The number of aliphatic hydroxyl groups is 2. The first kappa shape index (κ1) is 26.6. The number of aliphatic hydroxyl groups excluding tert-OH is 2. The second-order valence-electron chi connectivity index (χ2n) is 9.22. The van der Waals surface area contributed by atoms with E-state index in [1.165, 1.54) is 17.9 Å². The summed E-state index contributed by atoms with van der Waals surface area (Å²) in [6.07, 6.45) is -1.08. The third-order valence-corrected chi connectivity index (χ3v) is 6.74. The fourth-order valence-corrected chi connectivity index (χ4v) is 4.72. The lowest BCUT2D eigenvalue weighted by Gasteiger charge is -2.36. The number of aryl methyl sites for hydroxylation is 1. The third-order valence-electron chi connectivity index (χ3n) is 6.74. The second-order valence-corrected chi connectivity index (χ2v) is 9.22. The number of pyridine rings is 1. The van der Waals surface area contributed by atoms with Crippen LogP contribution in [0.2, 0.25) is 0 Å². The molecular formula is C25H32FN5O6. The smallest absolute Gasteiger partial charge is 0.414 e. The number of hydrogen-bond donors (Lipinski definition) is 4. The molecule has 200 valence electrons. The number of amides is 2. The van der Waals surface area contributed by atoms with Crippen LogP contribution in [0.15, 0.2) is 18.2 Å². The van der Waals surface area contributed by atoms with Gasteiger partial charge in [-0.1, -0.05) is 0 Å². The largest absolute Gasteiger partial charge is 0.506 e. The number of ether oxygens (including phenoxy) is 1. The van der Waals surface area contributed by atoms with Crippen molar-refractivity contribution in [2.24, 2.45) is 0 Å². The van der Waals surface area contributed by atoms with Crippen LogP contribution in [-0.2, 0) is 29.3 Å². The lowest BCUT2D eigenvalue weighted by Crippen LogP contribution is -2.46. The summed E-state index contributed by atoms with van der Waals surface area (Å²) >= 11 is 0. The van der Waals surface area contributed by atoms with Gasteiger partial charge in [-0.15, -0.1) is 0 Å². The van der Waals surface area contributed by atoms with E-state index in [-0.39, 0.29) is 36.9 Å². The van der Waals surface area contributed by atoms with Gasteiger partial charge >= 0.3 is 6.09 Å². The number of nitrogens with one attached hydrogen (secondary N) is 1. The molecule has 0 unspecified atom stereocenters. The van der Waals surface area contributed by atoms with Crippen molar-refractivity contribution in [1.82, 2.24) is 15.2 Å². The summed E-state index contributed by atoms with van der Waals surface area (Å²) in [4.78, 5) is 33.2. The summed E-state index contributed by atoms with van der Waals surface area (Å²) in [7, 11) is 0. The van der Waals surface area contributed by atoms with E-state index in [1.54, 1.807) is 19.1 Å². The van der Waals surface area contributed by atoms with Crippen LogP contribution < -0.4 is 15.1 Å². The van der Waals surface area contributed by atoms with Crippen molar-refractivity contribution in [3.63, 3.8) is 0 Å². The molecule has 3 heterocycles. The molecule has 4 rings (SSSR count). The highest BCUT2D eigenvalue weighted by Gasteiger charge is 2.33. The highest BCUT2D eigenvalue weighted by atomic mass is 19.1. The molecule has 4 N–H and O–H groups in total. The van der Waals surface area contributed by atoms with Crippen LogP contribution >= 0.6 is 0 Å². The lowest BCUT2D eigenvalue weighted by molar-refractivity contribution is -0.119. The van der Waals surface area contributed by atoms with E-state index in [2.05, 4.69) is 15.2 Å². The Morgan fingerprint density at radius 2 is 1.89 bits per heavy atom. The number of hydrogen-bond acceptors (Lipinski definition) is 9. The average Bonchev–Trinajstić information content (AvgIpc) is 3.25. The van der Waals surface area contributed by atoms with E-state index in [9.17, 15) is 24.9 Å². The number of aromatic hydroxyl groups is 1. The van der Waals surface area contributed by atoms with Gasteiger partial charge in [0, 0.05) is 50.8 Å². The number of carbonyl (C=O) groups is 2. The predicted octanol–water partition coefficient (Wildman–Crippen LogP) is 1.00. The van der Waals surface area contributed by atoms with Crippen LogP contribution in [0, 0.1) is 12.7 Å². The minimum Gasteiger partial charge on any atom is -0.506 e. The molecule has 0 aliphatic carbocycles. The first-order valence-electron chi connectivity index (χ1n) is 12.1. The molecule has 2 amide bonds. The third kappa shape index (κ3) is 5.76. The van der Waals surface area contributed by atoms with E-state index >= 15 is 4.39 Å². The Hall–Kier alpha value is -3.48. The Morgan fingerprint density at radius 1 is 1.19 bits per heavy atom. The van der Waals surface area contributed by atoms with E-state index in [0.717, 1.165) is 0 Å². The first-order valence-corrected chi connectivity index (χ1v) is 12.1. The highest BCUT2D eigenvalue weighted by Crippen LogP contribution is 2.30. The van der Waals surface area contributed by atoms with Gasteiger partial charge in [-0.25, -0.2) is 9.18 Å². The van der Waals surface area contributed by atoms with E-state index < -0.39 is 24.6 Å². The molecule has 11 nitrogen and oxygen atoms in total. The molecular weight excluding hydrogens is 485 g/mol. The summed E-state index contributed by atoms with van der Waals surface area (Å²) < 4.78 is 20.4. The maximum absolute atomic E-state index is 15.1. The summed E-state index contributed by atoms with van der Waals surface area (Å²) in [5, 5.41) is 32.2. The van der Waals surface area contributed by atoms with Gasteiger partial charge < -0.3 is 30.3 Å². The zero-order chi connectivity index (χ0) is 26.7. The minimum absolute atomic E-state index is 0.107. The van der Waals surface area contributed by atoms with Crippen molar-refractivity contribution >= 4 is 23.4 Å². The molecule has 12 heteroatoms. The monoisotopic (exact) mass is 517 g/mol. The number of rotatable bonds is 8. The molecule has 1 atom stereocenters. The number of benzene rings is 1. The van der Waals surface area contributed by atoms with Crippen LogP contribution in [-0.4, -0.2) is 82.6 Å². The SMILES string of the molecule is CC(=O)NC[C@H]1CN(c2ccc(N3CCN(Cc4nc(C)c(O)c(CO)c4CO)CC3)c(F)c2)C(=O)O1. The van der Waals surface area contributed by atoms with Gasteiger partial charge in [0.25, 0.3) is 0 Å². The Kier molecular flexibility index (Phi) is 8.10. The van der Waals surface area contributed by atoms with Crippen molar-refractivity contribution in [3.05, 3.63) is 46.5 Å². The number of carbonyl (C=O) groups excluding carboxylic acids is 2. The van der Waals surface area contributed by atoms with Crippen LogP contribution in [0.1, 0.15) is 29.4 Å². The van der Waals surface area contributed by atoms with Crippen LogP contribution in [0.25, 0.3) is 0 Å². The molecule has 2 aliphatic rings. The van der Waals surface area contributed by atoms with Crippen molar-refractivity contribution < 1.29 is 34.0 Å². The fraction of sp³-hybridized carbons (Fsp3) is 0.480. The molecule has 1 aromatic heterocycles. The summed E-state index contributed by atoms with van der Waals surface area (Å²) in [5.74, 6) is -0.775. The maximum atomic E-state index is 15.1. The summed E-state index contributed by atoms with van der Waals surface area (Å²) in [5.41, 5.74) is 2.52. The molecule has 2 aromatic rings. The van der Waals surface area contributed by atoms with E-state index in [1.807, 2.05) is 4.90 Å². The molecule has 2 fully saturated rings. The number of piperazine rings is 1. The Labute approximate surface area is 214 Å². The van der Waals surface area contributed by atoms with Gasteiger partial charge in [0.1, 0.15) is 17.7 Å². The van der Waals surface area contributed by atoms with Crippen LogP contribution in [0.5, 0.6) is 5.75 Å². The fourth-order valence-electron chi connectivity index (χ4n) is 4.72. The second kappa shape index (κ2) is 11.3. The lowest BCUT2D eigenvalue weighted by atomic mass is 10.0. The summed E-state index contributed by atoms with van der Waals surface area (Å²) in [6.45, 7) is 5.47. The first-order chi connectivity index (χ1) is 17.7. The molecule has 0 radical (unpaired) electrons. The van der Waals surface area contributed by atoms with Gasteiger partial charge in [0.2, 0.25) is 5.91 Å². The standard InChI is InChI=1S/C25H32FN5O6/c1-15-24(35)20(14-33)19(13-32)22(28-15)12-29-5-7-30(8-6-29)23-4-3-17(9-21(23)26)31-11-18(37-25(31)36)10-27-16(2)34/h3-4,9,18,32-33,35H,5-8,10-14H2,1-2H3,(H,27,34)/t18-/m0/s1. The average molecular weight is 518 g/mol. The number of anilines is 2. The van der Waals surface area contributed by atoms with Crippen molar-refractivity contribution in [2.45, 2.75) is 39.7 Å². The number of nitrogens with zero attached hydrogens (tertiary/aromatic N) is 4. The zero-order valence-electron chi connectivity index (χ0n) is 20.9. The molecule has 2 saturated heterocycles. The van der Waals surface area contributed by atoms with Gasteiger partial charge in [-0.3, -0.25) is 19.6 Å². The quantitative estimate of drug-likeness (QED) is 0.404. The topological polar surface area (TPSA) is 139 Å². The predicted molar refractivity (Wildman–Crippen MR) is 133 cm³/mol. The number of cyclic esters (lactones) is 1. The zero-order valence-corrected chi connectivity index (χ0v) is 20.9. The molecule has 2 aliphatic heterocycles. The summed E-state index contributed by atoms with van der Waals surface area (Å²) in [6, 6.07) is 4.65. The van der Waals surface area contributed by atoms with Crippen LogP contribution in [0.4, 0.5) is 20.6 Å². The number of aromatic nitrogens is 1. The normalized spacial score (nSPS) is 18.3. The van der Waals surface area contributed by atoms with Crippen LogP contribution in [0.3, 0.4) is 0 Å². The van der Waals surface area contributed by atoms with Gasteiger partial charge in [0.05, 0.1) is 49.1 Å². The van der Waals surface area contributed by atoms with E-state index in [4.69, 9.17) is 4.74 Å². The van der Waals surface area contributed by atoms with Gasteiger partial charge in [0.15, 0.2) is 0 Å². The minimum atomic E-state index is -0.583. The Bertz CT molecular complexity index is 1170. The molecule has 0 spiro atoms. The van der Waals surface area contributed by atoms with Gasteiger partial charge in [-0.05, 0) is 25.1 Å². The van der Waals surface area contributed by atoms with Crippen molar-refractivity contribution in [1.29, 1.82) is 0 Å².